The van der Waals surface area contributed by atoms with Crippen LogP contribution in [0.2, 0.25) is 0 Å². The molecule has 5 rings (SSSR count). The van der Waals surface area contributed by atoms with Crippen molar-refractivity contribution in [3.05, 3.63) is 44.5 Å². The van der Waals surface area contributed by atoms with Crippen LogP contribution < -0.4 is 5.32 Å². The van der Waals surface area contributed by atoms with Crippen molar-refractivity contribution in [3.63, 3.8) is 0 Å². The Morgan fingerprint density at radius 1 is 1.48 bits per heavy atom. The van der Waals surface area contributed by atoms with Crippen LogP contribution in [0.3, 0.4) is 0 Å². The van der Waals surface area contributed by atoms with Crippen LogP contribution in [-0.4, -0.2) is 40.5 Å². The summed E-state index contributed by atoms with van der Waals surface area (Å²) in [7, 11) is 0. The van der Waals surface area contributed by atoms with Gasteiger partial charge in [-0.15, -0.1) is 0 Å². The topological polar surface area (TPSA) is 111 Å². The smallest absolute Gasteiger partial charge is 0.240 e. The van der Waals surface area contributed by atoms with Crippen LogP contribution >= 0.6 is 15.9 Å². The number of halogens is 2. The van der Waals surface area contributed by atoms with E-state index in [2.05, 4.69) is 52.0 Å². The Morgan fingerprint density at radius 3 is 2.82 bits per heavy atom. The largest absolute Gasteiger partial charge is 0.393 e. The Hall–Kier alpha value is -1.71. The van der Waals surface area contributed by atoms with E-state index in [-0.39, 0.29) is 23.9 Å². The molecule has 3 aliphatic carbocycles. The number of nitrogens with zero attached hydrogens (tertiary/aromatic N) is 4. The van der Waals surface area contributed by atoms with E-state index in [1.54, 1.807) is 25.1 Å². The molecule has 2 bridgehead atoms. The van der Waals surface area contributed by atoms with Gasteiger partial charge in [0.15, 0.2) is 6.23 Å². The average molecular weight is 524 g/mol. The molecule has 1 aromatic carbocycles. The van der Waals surface area contributed by atoms with Crippen molar-refractivity contribution in [2.45, 2.75) is 71.5 Å². The van der Waals surface area contributed by atoms with E-state index in [4.69, 9.17) is 10.4 Å². The molecule has 3 saturated carbocycles. The molecular weight excluding hydrogens is 493 g/mol. The van der Waals surface area contributed by atoms with Gasteiger partial charge in [-0.25, -0.2) is 4.39 Å². The monoisotopic (exact) mass is 523 g/mol. The highest BCUT2D eigenvalue weighted by Crippen LogP contribution is 2.61. The molecule has 180 valence electrons. The molecule has 0 aromatic heterocycles. The lowest BCUT2D eigenvalue weighted by Gasteiger charge is -2.62. The zero-order valence-corrected chi connectivity index (χ0v) is 20.9. The summed E-state index contributed by atoms with van der Waals surface area (Å²) in [5, 5.41) is 18.7. The highest BCUT2D eigenvalue weighted by atomic mass is 79.9. The molecule has 8 nitrogen and oxygen atoms in total. The highest BCUT2D eigenvalue weighted by Gasteiger charge is 2.57. The molecule has 4 fully saturated rings. The van der Waals surface area contributed by atoms with Crippen LogP contribution in [0.4, 0.5) is 4.39 Å². The fourth-order valence-corrected chi connectivity index (χ4v) is 6.57. The number of rotatable bonds is 6. The van der Waals surface area contributed by atoms with Gasteiger partial charge in [0.05, 0.1) is 17.1 Å². The summed E-state index contributed by atoms with van der Waals surface area (Å²) in [5.41, 5.74) is 9.61. The molecule has 1 aromatic rings. The summed E-state index contributed by atoms with van der Waals surface area (Å²) in [6, 6.07) is 3.98. The molecule has 1 amide bonds. The molecule has 4 aliphatic rings. The zero-order chi connectivity index (χ0) is 24.1. The lowest BCUT2D eigenvalue weighted by molar-refractivity contribution is -0.176. The molecule has 1 heterocycles. The number of hydrogen-bond donors (Lipinski definition) is 2. The van der Waals surface area contributed by atoms with Crippen LogP contribution in [-0.2, 0) is 16.2 Å². The van der Waals surface area contributed by atoms with Crippen molar-refractivity contribution in [1.29, 1.82) is 0 Å². The quantitative estimate of drug-likeness (QED) is 0.324. The number of fused-ring (bicyclic) bond motifs is 2. The first-order valence-electron chi connectivity index (χ1n) is 11.4. The Balaban J connectivity index is 1.59. The summed E-state index contributed by atoms with van der Waals surface area (Å²) in [6.07, 6.45) is 0.0433. The third kappa shape index (κ3) is 4.28. The van der Waals surface area contributed by atoms with Gasteiger partial charge in [-0.3, -0.25) is 9.63 Å². The van der Waals surface area contributed by atoms with E-state index in [9.17, 15) is 14.3 Å². The fourth-order valence-electron chi connectivity index (χ4n) is 6.16. The van der Waals surface area contributed by atoms with E-state index >= 15 is 0 Å². The third-order valence-corrected chi connectivity index (χ3v) is 8.89. The second-order valence-electron chi connectivity index (χ2n) is 10.3. The van der Waals surface area contributed by atoms with E-state index < -0.39 is 30.1 Å². The van der Waals surface area contributed by atoms with Crippen molar-refractivity contribution in [1.82, 2.24) is 10.4 Å². The van der Waals surface area contributed by atoms with Gasteiger partial charge in [-0.05, 0) is 70.5 Å². The van der Waals surface area contributed by atoms with Gasteiger partial charge in [0.1, 0.15) is 11.9 Å². The number of nitrogens with one attached hydrogen (secondary N) is 1. The van der Waals surface area contributed by atoms with Gasteiger partial charge < -0.3 is 10.4 Å². The minimum Gasteiger partial charge on any atom is -0.393 e. The number of azide groups is 1. The van der Waals surface area contributed by atoms with Crippen LogP contribution in [0.25, 0.3) is 10.4 Å². The number of benzene rings is 1. The van der Waals surface area contributed by atoms with Gasteiger partial charge in [-0.1, -0.05) is 38.0 Å². The SMILES string of the molecule is C[C@@H]1[C@@H](NC(=O)[C@@H]2[C@H]([C@H](C)O)[C@H](N=[N+]=[N-])ON2Cc2cccc(Br)c2F)C[C@H]2C[C@@H]1C2(C)C. The minimum atomic E-state index is -1.07. The number of hydrogen-bond acceptors (Lipinski definition) is 5. The number of amides is 1. The lowest BCUT2D eigenvalue weighted by atomic mass is 9.45. The maximum atomic E-state index is 14.7. The number of carbonyl (C=O) groups excluding carboxylic acids is 1. The molecule has 33 heavy (non-hydrogen) atoms. The normalized spacial score (nSPS) is 35.9. The van der Waals surface area contributed by atoms with Crippen molar-refractivity contribution < 1.29 is 19.1 Å². The molecule has 1 saturated heterocycles. The highest BCUT2D eigenvalue weighted by molar-refractivity contribution is 9.10. The molecular formula is C23H31BrFN5O3. The molecule has 2 N–H and O–H groups in total. The predicted molar refractivity (Wildman–Crippen MR) is 124 cm³/mol. The molecule has 1 aliphatic heterocycles. The van der Waals surface area contributed by atoms with Crippen molar-refractivity contribution in [3.8, 4) is 0 Å². The van der Waals surface area contributed by atoms with Crippen LogP contribution in [0.15, 0.2) is 27.8 Å². The van der Waals surface area contributed by atoms with Gasteiger partial charge in [-0.2, -0.15) is 5.06 Å². The summed E-state index contributed by atoms with van der Waals surface area (Å²) < 4.78 is 15.0. The predicted octanol–water partition coefficient (Wildman–Crippen LogP) is 4.52. The molecule has 0 radical (unpaired) electrons. The number of hydroxylamine groups is 2. The second kappa shape index (κ2) is 9.15. The number of aliphatic hydroxyl groups is 1. The summed E-state index contributed by atoms with van der Waals surface area (Å²) in [5.74, 6) is -0.102. The first kappa shape index (κ1) is 24.4. The Labute approximate surface area is 201 Å². The van der Waals surface area contributed by atoms with E-state index in [0.29, 0.717) is 27.8 Å². The maximum absolute atomic E-state index is 14.7. The Morgan fingerprint density at radius 2 is 2.21 bits per heavy atom. The standard InChI is InChI=1S/C23H31BrFN5O3/c1-11-15-8-14(23(15,3)4)9-17(11)27-21(32)20-18(12(2)31)22(28-29-26)33-30(20)10-13-6-5-7-16(24)19(13)25/h5-7,11-12,14-15,17-18,20,22,31H,8-10H2,1-4H3,(H,27,32)/t11-,12-,14+,15-,17-,18-,20-,22+/m0/s1. The third-order valence-electron chi connectivity index (χ3n) is 8.28. The van der Waals surface area contributed by atoms with Crippen molar-refractivity contribution in [2.75, 3.05) is 0 Å². The molecule has 0 unspecified atom stereocenters. The van der Waals surface area contributed by atoms with E-state index in [1.807, 2.05) is 0 Å². The fraction of sp³-hybridized carbons (Fsp3) is 0.696. The average Bonchev–Trinajstić information content (AvgIpc) is 3.10. The van der Waals surface area contributed by atoms with Gasteiger partial charge >= 0.3 is 0 Å². The van der Waals surface area contributed by atoms with E-state index in [0.717, 1.165) is 6.42 Å². The first-order chi connectivity index (χ1) is 15.6. The van der Waals surface area contributed by atoms with Crippen LogP contribution in [0.1, 0.15) is 46.1 Å². The number of carbonyl (C=O) groups is 1. The van der Waals surface area contributed by atoms with Crippen LogP contribution in [0.5, 0.6) is 0 Å². The lowest BCUT2D eigenvalue weighted by Crippen LogP contribution is -2.62. The summed E-state index contributed by atoms with van der Waals surface area (Å²) in [6.45, 7) is 8.28. The Bertz CT molecular complexity index is 969. The Kier molecular flexibility index (Phi) is 6.77. The maximum Gasteiger partial charge on any atom is 0.240 e. The number of aliphatic hydroxyl groups excluding tert-OH is 1. The van der Waals surface area contributed by atoms with E-state index in [1.165, 1.54) is 11.5 Å². The van der Waals surface area contributed by atoms with Gasteiger partial charge in [0.25, 0.3) is 0 Å². The summed E-state index contributed by atoms with van der Waals surface area (Å²) >= 11 is 3.18. The zero-order valence-electron chi connectivity index (χ0n) is 19.3. The summed E-state index contributed by atoms with van der Waals surface area (Å²) in [4.78, 5) is 22.2. The molecule has 0 spiro atoms. The van der Waals surface area contributed by atoms with Gasteiger partial charge in [0, 0.05) is 22.4 Å². The minimum absolute atomic E-state index is 0.0203. The molecule has 10 heteroatoms. The van der Waals surface area contributed by atoms with Crippen molar-refractivity contribution in [2.24, 2.45) is 34.2 Å². The van der Waals surface area contributed by atoms with Crippen LogP contribution in [0, 0.1) is 34.9 Å². The molecule has 8 atom stereocenters. The second-order valence-corrected chi connectivity index (χ2v) is 11.2. The van der Waals surface area contributed by atoms with Crippen molar-refractivity contribution >= 4 is 21.8 Å². The first-order valence-corrected chi connectivity index (χ1v) is 12.2. The van der Waals surface area contributed by atoms with Gasteiger partial charge in [0.2, 0.25) is 5.91 Å².